The van der Waals surface area contributed by atoms with Crippen molar-refractivity contribution in [1.29, 1.82) is 0 Å². The number of nitrogens with two attached hydrogens (primary N) is 1. The Bertz CT molecular complexity index is 1010. The molecule has 2 atom stereocenters. The number of amidine groups is 1. The van der Waals surface area contributed by atoms with Crippen LogP contribution in [-0.2, 0) is 10.3 Å². The number of ether oxygens (including phenoxy) is 1. The second-order valence-electron chi connectivity index (χ2n) is 6.71. The van der Waals surface area contributed by atoms with Crippen LogP contribution in [0, 0.1) is 11.6 Å². The molecule has 0 aliphatic carbocycles. The maximum Gasteiger partial charge on any atom is 0.425 e. The molecule has 1 aliphatic rings. The van der Waals surface area contributed by atoms with E-state index in [2.05, 4.69) is 20.0 Å². The lowest BCUT2D eigenvalue weighted by Crippen LogP contribution is -2.46. The molecule has 3 rings (SSSR count). The molecule has 0 bridgehead atoms. The third-order valence-corrected chi connectivity index (χ3v) is 4.62. The lowest BCUT2D eigenvalue weighted by Gasteiger charge is -2.36. The van der Waals surface area contributed by atoms with Crippen LogP contribution in [0.4, 0.5) is 27.6 Å². The number of aromatic nitrogens is 1. The second kappa shape index (κ2) is 7.71. The number of hydrogen-bond acceptors (Lipinski definition) is 5. The molecule has 1 aliphatic heterocycles. The molecule has 0 fully saturated rings. The zero-order valence-corrected chi connectivity index (χ0v) is 16.0. The quantitative estimate of drug-likeness (QED) is 0.690. The first kappa shape index (κ1) is 21.8. The number of nitrogens with one attached hydrogen (secondary N) is 1. The first-order valence-corrected chi connectivity index (χ1v) is 8.78. The van der Waals surface area contributed by atoms with E-state index in [1.54, 1.807) is 0 Å². The van der Waals surface area contributed by atoms with E-state index in [0.717, 1.165) is 13.0 Å². The Morgan fingerprint density at radius 2 is 2.03 bits per heavy atom. The van der Waals surface area contributed by atoms with Crippen LogP contribution in [-0.4, -0.2) is 29.2 Å². The zero-order chi connectivity index (χ0) is 22.3. The molecule has 160 valence electrons. The van der Waals surface area contributed by atoms with Crippen LogP contribution in [0.15, 0.2) is 35.5 Å². The number of benzene rings is 1. The highest BCUT2D eigenvalue weighted by Gasteiger charge is 2.50. The molecule has 1 amide bonds. The molecule has 2 heterocycles. The van der Waals surface area contributed by atoms with Gasteiger partial charge in [-0.15, -0.1) is 0 Å². The average Bonchev–Trinajstić information content (AvgIpc) is 2.63. The van der Waals surface area contributed by atoms with E-state index in [9.17, 15) is 26.7 Å². The number of pyridine rings is 1. The first-order chi connectivity index (χ1) is 13.9. The summed E-state index contributed by atoms with van der Waals surface area (Å²) in [6.07, 6.45) is -6.79. The molecule has 30 heavy (non-hydrogen) atoms. The largest absolute Gasteiger partial charge is 0.452 e. The summed E-state index contributed by atoms with van der Waals surface area (Å²) >= 11 is 5.69. The Morgan fingerprint density at radius 1 is 1.33 bits per heavy atom. The van der Waals surface area contributed by atoms with Crippen LogP contribution < -0.4 is 11.1 Å². The molecular formula is C18H14ClF5N4O2. The Hall–Kier alpha value is -2.95. The minimum atomic E-state index is -4.80. The van der Waals surface area contributed by atoms with Crippen molar-refractivity contribution in [1.82, 2.24) is 4.98 Å². The predicted octanol–water partition coefficient (Wildman–Crippen LogP) is 4.15. The second-order valence-corrected chi connectivity index (χ2v) is 7.15. The summed E-state index contributed by atoms with van der Waals surface area (Å²) in [4.78, 5) is 19.8. The standard InChI is InChI=1S/C18H14ClF5N4O2/c1-17(6-13(18(22,23)24)30-16(25)28-17)10-4-9(5-11(20)14(10)21)27-15(29)12-3-2-8(19)7-26-12/h2-5,7,13H,6H2,1H3,(H2,25,28)(H,27,29)/t13-,17+/m0/s1. The molecule has 0 spiro atoms. The van der Waals surface area contributed by atoms with Gasteiger partial charge in [-0.25, -0.2) is 18.8 Å². The van der Waals surface area contributed by atoms with E-state index < -0.39 is 53.4 Å². The van der Waals surface area contributed by atoms with E-state index >= 15 is 0 Å². The summed E-state index contributed by atoms with van der Waals surface area (Å²) in [5.74, 6) is -3.58. The van der Waals surface area contributed by atoms with Crippen LogP contribution in [0.1, 0.15) is 29.4 Å². The maximum atomic E-state index is 14.5. The Labute approximate surface area is 171 Å². The molecule has 0 radical (unpaired) electrons. The first-order valence-electron chi connectivity index (χ1n) is 8.40. The zero-order valence-electron chi connectivity index (χ0n) is 15.2. The van der Waals surface area contributed by atoms with Crippen LogP contribution in [0.25, 0.3) is 0 Å². The lowest BCUT2D eigenvalue weighted by molar-refractivity contribution is -0.208. The van der Waals surface area contributed by atoms with E-state index in [-0.39, 0.29) is 16.4 Å². The van der Waals surface area contributed by atoms with Gasteiger partial charge in [0.15, 0.2) is 17.7 Å². The van der Waals surface area contributed by atoms with Crippen molar-refractivity contribution >= 4 is 29.2 Å². The van der Waals surface area contributed by atoms with Crippen molar-refractivity contribution in [2.75, 3.05) is 5.32 Å². The number of aliphatic imine (C=N–C) groups is 1. The number of hydrogen-bond donors (Lipinski definition) is 2. The number of anilines is 1. The van der Waals surface area contributed by atoms with Crippen molar-refractivity contribution < 1.29 is 31.5 Å². The molecule has 6 nitrogen and oxygen atoms in total. The third kappa shape index (κ3) is 4.45. The van der Waals surface area contributed by atoms with Gasteiger partial charge >= 0.3 is 6.18 Å². The number of carbonyl (C=O) groups is 1. The molecule has 12 heteroatoms. The molecule has 1 aromatic heterocycles. The highest BCUT2D eigenvalue weighted by molar-refractivity contribution is 6.30. The van der Waals surface area contributed by atoms with Gasteiger partial charge in [-0.05, 0) is 25.1 Å². The molecule has 0 saturated carbocycles. The Kier molecular flexibility index (Phi) is 5.59. The summed E-state index contributed by atoms with van der Waals surface area (Å²) < 4.78 is 72.7. The van der Waals surface area contributed by atoms with Gasteiger partial charge in [0, 0.05) is 29.9 Å². The molecule has 0 unspecified atom stereocenters. The lowest BCUT2D eigenvalue weighted by atomic mass is 9.85. The minimum absolute atomic E-state index is 0.0673. The summed E-state index contributed by atoms with van der Waals surface area (Å²) in [5, 5.41) is 2.59. The van der Waals surface area contributed by atoms with Gasteiger partial charge < -0.3 is 15.8 Å². The fourth-order valence-corrected chi connectivity index (χ4v) is 3.09. The number of rotatable bonds is 3. The van der Waals surface area contributed by atoms with Gasteiger partial charge in [-0.2, -0.15) is 13.2 Å². The van der Waals surface area contributed by atoms with E-state index in [1.807, 2.05) is 0 Å². The summed E-state index contributed by atoms with van der Waals surface area (Å²) in [5.41, 5.74) is 2.65. The average molecular weight is 449 g/mol. The summed E-state index contributed by atoms with van der Waals surface area (Å²) in [7, 11) is 0. The van der Waals surface area contributed by atoms with E-state index in [0.29, 0.717) is 6.07 Å². The maximum absolute atomic E-state index is 14.5. The fourth-order valence-electron chi connectivity index (χ4n) is 2.97. The van der Waals surface area contributed by atoms with Crippen LogP contribution in [0.3, 0.4) is 0 Å². The van der Waals surface area contributed by atoms with Crippen molar-refractivity contribution in [3.63, 3.8) is 0 Å². The summed E-state index contributed by atoms with van der Waals surface area (Å²) in [6, 6.07) is 3.56. The number of amides is 1. The van der Waals surface area contributed by atoms with Gasteiger partial charge in [0.1, 0.15) is 5.69 Å². The third-order valence-electron chi connectivity index (χ3n) is 4.39. The fraction of sp³-hybridized carbons (Fsp3) is 0.278. The predicted molar refractivity (Wildman–Crippen MR) is 98.1 cm³/mol. The van der Waals surface area contributed by atoms with Crippen molar-refractivity contribution in [3.05, 3.63) is 58.4 Å². The normalized spacial score (nSPS) is 21.6. The number of carbonyl (C=O) groups excluding carboxylic acids is 1. The van der Waals surface area contributed by atoms with E-state index in [1.165, 1.54) is 18.3 Å². The molecule has 2 aromatic rings. The number of nitrogens with zero attached hydrogens (tertiary/aromatic N) is 2. The van der Waals surface area contributed by atoms with Gasteiger partial charge in [-0.1, -0.05) is 11.6 Å². The highest BCUT2D eigenvalue weighted by Crippen LogP contribution is 2.41. The van der Waals surface area contributed by atoms with Gasteiger partial charge in [0.05, 0.1) is 10.6 Å². The van der Waals surface area contributed by atoms with Gasteiger partial charge in [0.25, 0.3) is 11.9 Å². The monoisotopic (exact) mass is 448 g/mol. The minimum Gasteiger partial charge on any atom is -0.452 e. The Balaban J connectivity index is 1.97. The van der Waals surface area contributed by atoms with Gasteiger partial charge in [-0.3, -0.25) is 4.79 Å². The molecule has 0 saturated heterocycles. The van der Waals surface area contributed by atoms with Crippen LogP contribution >= 0.6 is 11.6 Å². The number of halogens is 6. The SMILES string of the molecule is C[C@]1(c2cc(NC(=O)c3ccc(Cl)cn3)cc(F)c2F)C[C@@H](C(F)(F)F)OC(N)=N1. The van der Waals surface area contributed by atoms with Crippen LogP contribution in [0.5, 0.6) is 0 Å². The van der Waals surface area contributed by atoms with Crippen LogP contribution in [0.2, 0.25) is 5.02 Å². The molecule has 3 N–H and O–H groups in total. The van der Waals surface area contributed by atoms with Gasteiger partial charge in [0.2, 0.25) is 0 Å². The van der Waals surface area contributed by atoms with Crippen molar-refractivity contribution in [3.8, 4) is 0 Å². The molecular weight excluding hydrogens is 435 g/mol. The van der Waals surface area contributed by atoms with Crippen molar-refractivity contribution in [2.45, 2.75) is 31.2 Å². The number of alkyl halides is 3. The smallest absolute Gasteiger partial charge is 0.425 e. The van der Waals surface area contributed by atoms with E-state index in [4.69, 9.17) is 17.3 Å². The summed E-state index contributed by atoms with van der Waals surface area (Å²) in [6.45, 7) is 1.16. The Morgan fingerprint density at radius 3 is 2.63 bits per heavy atom. The topological polar surface area (TPSA) is 89.6 Å². The van der Waals surface area contributed by atoms with Crippen molar-refractivity contribution in [2.24, 2.45) is 10.7 Å². The molecule has 1 aromatic carbocycles. The highest BCUT2D eigenvalue weighted by atomic mass is 35.5.